The summed E-state index contributed by atoms with van der Waals surface area (Å²) in [5.74, 6) is -0.151. The van der Waals surface area contributed by atoms with Crippen LogP contribution in [0.4, 0.5) is 17.6 Å². The molecule has 1 aliphatic heterocycles. The van der Waals surface area contributed by atoms with Gasteiger partial charge in [-0.3, -0.25) is 4.98 Å². The van der Waals surface area contributed by atoms with Crippen molar-refractivity contribution in [3.05, 3.63) is 47.3 Å². The van der Waals surface area contributed by atoms with E-state index in [4.69, 9.17) is 0 Å². The lowest BCUT2D eigenvalue weighted by molar-refractivity contribution is -0.461. The molecule has 4 rings (SSSR count). The van der Waals surface area contributed by atoms with Crippen molar-refractivity contribution in [2.24, 2.45) is 0 Å². The van der Waals surface area contributed by atoms with Crippen LogP contribution in [0.2, 0.25) is 0 Å². The predicted molar refractivity (Wildman–Crippen MR) is 85.2 cm³/mol. The highest BCUT2D eigenvalue weighted by Crippen LogP contribution is 2.47. The molecule has 0 amide bonds. The Kier molecular flexibility index (Phi) is 3.85. The lowest BCUT2D eigenvalue weighted by atomic mass is 10.1. The Labute approximate surface area is 148 Å². The number of hydrogen-bond acceptors (Lipinski definition) is 5. The summed E-state index contributed by atoms with van der Waals surface area (Å²) in [6.07, 6.45) is -6.90. The molecule has 3 heterocycles. The maximum atomic E-state index is 13.8. The Hall–Kier alpha value is -2.33. The number of alkyl halides is 4. The molecule has 2 aromatic heterocycles. The molecule has 0 saturated carbocycles. The van der Waals surface area contributed by atoms with Crippen molar-refractivity contribution in [3.8, 4) is 5.75 Å². The Balaban J connectivity index is 1.65. The molecule has 0 spiro atoms. The Morgan fingerprint density at radius 1 is 1.23 bits per heavy atom. The van der Waals surface area contributed by atoms with Gasteiger partial charge in [-0.2, -0.15) is 8.78 Å². The number of hydrogen-bond donors (Lipinski definition) is 1. The van der Waals surface area contributed by atoms with E-state index >= 15 is 0 Å². The van der Waals surface area contributed by atoms with Crippen LogP contribution in [0.15, 0.2) is 35.6 Å². The molecule has 0 fully saturated rings. The van der Waals surface area contributed by atoms with Crippen LogP contribution in [0, 0.1) is 6.92 Å². The summed E-state index contributed by atoms with van der Waals surface area (Å²) in [5, 5.41) is 0.448. The number of aromatic amines is 1. The third-order valence-electron chi connectivity index (χ3n) is 3.81. The van der Waals surface area contributed by atoms with Gasteiger partial charge in [-0.1, -0.05) is 17.8 Å². The van der Waals surface area contributed by atoms with E-state index in [2.05, 4.69) is 24.4 Å². The molecule has 0 radical (unpaired) electrons. The van der Waals surface area contributed by atoms with E-state index < -0.39 is 23.7 Å². The average molecular weight is 385 g/mol. The van der Waals surface area contributed by atoms with E-state index in [9.17, 15) is 17.6 Å². The Morgan fingerprint density at radius 3 is 2.81 bits per heavy atom. The Morgan fingerprint density at radius 2 is 2.04 bits per heavy atom. The molecule has 0 saturated heterocycles. The van der Waals surface area contributed by atoms with E-state index in [-0.39, 0.29) is 11.0 Å². The van der Waals surface area contributed by atoms with E-state index in [1.165, 1.54) is 11.8 Å². The predicted octanol–water partition coefficient (Wildman–Crippen LogP) is 4.57. The van der Waals surface area contributed by atoms with Gasteiger partial charge in [0.05, 0.1) is 22.3 Å². The average Bonchev–Trinajstić information content (AvgIpc) is 2.92. The van der Waals surface area contributed by atoms with Gasteiger partial charge in [-0.25, -0.2) is 9.72 Å². The van der Waals surface area contributed by atoms with Crippen LogP contribution in [0.1, 0.15) is 16.8 Å². The van der Waals surface area contributed by atoms with Crippen molar-refractivity contribution in [2.45, 2.75) is 30.2 Å². The summed E-state index contributed by atoms with van der Waals surface area (Å²) < 4.78 is 61.6. The number of nitrogens with zero attached hydrogens (tertiary/aromatic N) is 2. The summed E-state index contributed by atoms with van der Waals surface area (Å²) in [5.41, 5.74) is 1.59. The van der Waals surface area contributed by atoms with Gasteiger partial charge in [0, 0.05) is 18.0 Å². The molecular weight excluding hydrogens is 374 g/mol. The SMILES string of the molecule is Cc1cccnc1CSc1nc2cc3c(cc2[nH]1)C(F)(F)OC(F)(F)O3. The molecule has 26 heavy (non-hydrogen) atoms. The quantitative estimate of drug-likeness (QED) is 0.529. The Bertz CT molecular complexity index is 993. The summed E-state index contributed by atoms with van der Waals surface area (Å²) in [6, 6.07) is 5.80. The smallest absolute Gasteiger partial charge is 0.409 e. The first-order chi connectivity index (χ1) is 12.2. The second kappa shape index (κ2) is 5.85. The molecule has 10 heteroatoms. The summed E-state index contributed by atoms with van der Waals surface area (Å²) in [7, 11) is 0. The van der Waals surface area contributed by atoms with Crippen LogP contribution in [0.3, 0.4) is 0 Å². The van der Waals surface area contributed by atoms with Gasteiger partial charge >= 0.3 is 12.4 Å². The molecule has 0 aliphatic carbocycles. The zero-order valence-corrected chi connectivity index (χ0v) is 14.0. The third kappa shape index (κ3) is 3.10. The van der Waals surface area contributed by atoms with Crippen LogP contribution in [0.5, 0.6) is 5.75 Å². The lowest BCUT2D eigenvalue weighted by Crippen LogP contribution is -2.41. The number of halogens is 4. The minimum Gasteiger partial charge on any atom is -0.409 e. The van der Waals surface area contributed by atoms with Crippen LogP contribution < -0.4 is 4.74 Å². The highest BCUT2D eigenvalue weighted by molar-refractivity contribution is 7.98. The number of benzene rings is 1. The van der Waals surface area contributed by atoms with E-state index in [0.717, 1.165) is 23.4 Å². The number of imidazole rings is 1. The topological polar surface area (TPSA) is 60.0 Å². The first-order valence-electron chi connectivity index (χ1n) is 7.46. The van der Waals surface area contributed by atoms with Gasteiger partial charge in [0.25, 0.3) is 0 Å². The zero-order valence-electron chi connectivity index (χ0n) is 13.2. The molecule has 5 nitrogen and oxygen atoms in total. The van der Waals surface area contributed by atoms with Gasteiger partial charge in [0.1, 0.15) is 5.75 Å². The lowest BCUT2D eigenvalue weighted by Gasteiger charge is -2.30. The molecular formula is C16H11F4N3O2S. The first kappa shape index (κ1) is 17.1. The fraction of sp³-hybridized carbons (Fsp3) is 0.250. The fourth-order valence-electron chi connectivity index (χ4n) is 2.55. The molecule has 0 bridgehead atoms. The maximum absolute atomic E-state index is 13.8. The van der Waals surface area contributed by atoms with Crippen LogP contribution >= 0.6 is 11.8 Å². The minimum absolute atomic E-state index is 0.234. The second-order valence-electron chi connectivity index (χ2n) is 5.65. The van der Waals surface area contributed by atoms with Gasteiger partial charge in [-0.05, 0) is 24.6 Å². The monoisotopic (exact) mass is 385 g/mol. The van der Waals surface area contributed by atoms with Gasteiger partial charge in [0.2, 0.25) is 0 Å². The first-order valence-corrected chi connectivity index (χ1v) is 8.44. The van der Waals surface area contributed by atoms with Crippen molar-refractivity contribution in [3.63, 3.8) is 0 Å². The number of ether oxygens (including phenoxy) is 2. The van der Waals surface area contributed by atoms with Crippen molar-refractivity contribution in [1.29, 1.82) is 0 Å². The van der Waals surface area contributed by atoms with Crippen molar-refractivity contribution >= 4 is 22.8 Å². The molecule has 0 atom stereocenters. The van der Waals surface area contributed by atoms with Crippen LogP contribution in [-0.4, -0.2) is 21.2 Å². The summed E-state index contributed by atoms with van der Waals surface area (Å²) >= 11 is 1.32. The zero-order chi connectivity index (χ0) is 18.5. The number of aryl methyl sites for hydroxylation is 1. The fourth-order valence-corrected chi connectivity index (χ4v) is 3.47. The van der Waals surface area contributed by atoms with Crippen LogP contribution in [-0.2, 0) is 16.6 Å². The van der Waals surface area contributed by atoms with E-state index in [1.54, 1.807) is 6.20 Å². The van der Waals surface area contributed by atoms with Gasteiger partial charge in [0.15, 0.2) is 5.16 Å². The van der Waals surface area contributed by atoms with Gasteiger partial charge < -0.3 is 9.72 Å². The van der Waals surface area contributed by atoms with Crippen molar-refractivity contribution < 1.29 is 27.0 Å². The molecule has 1 N–H and O–H groups in total. The maximum Gasteiger partial charge on any atom is 0.540 e. The van der Waals surface area contributed by atoms with Crippen molar-refractivity contribution in [2.75, 3.05) is 0 Å². The number of nitrogens with one attached hydrogen (secondary N) is 1. The number of pyridine rings is 1. The number of aromatic nitrogens is 3. The largest absolute Gasteiger partial charge is 0.540 e. The normalized spacial score (nSPS) is 17.7. The minimum atomic E-state index is -4.41. The van der Waals surface area contributed by atoms with Crippen LogP contribution in [0.25, 0.3) is 11.0 Å². The third-order valence-corrected chi connectivity index (χ3v) is 4.70. The molecule has 1 aromatic carbocycles. The molecule has 3 aromatic rings. The number of fused-ring (bicyclic) bond motifs is 2. The highest BCUT2D eigenvalue weighted by atomic mass is 32.2. The molecule has 0 unspecified atom stereocenters. The van der Waals surface area contributed by atoms with Crippen molar-refractivity contribution in [1.82, 2.24) is 15.0 Å². The standard InChI is InChI=1S/C16H11F4N3O2S/c1-8-3-2-4-21-12(8)7-26-14-22-10-5-9-13(6-11(10)23-14)24-16(19,20)25-15(9,17)18/h2-6H,7H2,1H3,(H,22,23). The molecule has 1 aliphatic rings. The van der Waals surface area contributed by atoms with Gasteiger partial charge in [-0.15, -0.1) is 8.78 Å². The second-order valence-corrected chi connectivity index (χ2v) is 6.61. The van der Waals surface area contributed by atoms with E-state index in [1.807, 2.05) is 19.1 Å². The molecule has 136 valence electrons. The summed E-state index contributed by atoms with van der Waals surface area (Å²) in [4.78, 5) is 11.4. The number of H-pyrrole nitrogens is 1. The number of thioether (sulfide) groups is 1. The summed E-state index contributed by atoms with van der Waals surface area (Å²) in [6.45, 7) is 1.93. The number of rotatable bonds is 3. The highest BCUT2D eigenvalue weighted by Gasteiger charge is 2.54. The van der Waals surface area contributed by atoms with E-state index in [0.29, 0.717) is 10.9 Å².